The van der Waals surface area contributed by atoms with Crippen LogP contribution in [0.3, 0.4) is 0 Å². The molecule has 0 amide bonds. The molecule has 0 bridgehead atoms. The summed E-state index contributed by atoms with van der Waals surface area (Å²) in [5, 5.41) is 2.75. The van der Waals surface area contributed by atoms with Crippen molar-refractivity contribution in [2.75, 3.05) is 0 Å². The zero-order valence-corrected chi connectivity index (χ0v) is 11.1. The lowest BCUT2D eigenvalue weighted by Gasteiger charge is -2.05. The van der Waals surface area contributed by atoms with Crippen molar-refractivity contribution in [1.29, 1.82) is 0 Å². The van der Waals surface area contributed by atoms with Gasteiger partial charge in [0.1, 0.15) is 18.2 Å². The standard InChI is InChI=1S/C15H9ClN4/c16-14-13-15(18-8-17-14)20(9-19-13)12-6-5-10-3-1-2-4-11(10)7-12/h1-9H. The van der Waals surface area contributed by atoms with Crippen LogP contribution in [-0.2, 0) is 0 Å². The van der Waals surface area contributed by atoms with Gasteiger partial charge >= 0.3 is 0 Å². The fraction of sp³-hybridized carbons (Fsp3) is 0. The van der Waals surface area contributed by atoms with Crippen molar-refractivity contribution in [2.45, 2.75) is 0 Å². The van der Waals surface area contributed by atoms with E-state index in [0.29, 0.717) is 16.3 Å². The highest BCUT2D eigenvalue weighted by Crippen LogP contribution is 2.23. The molecule has 0 unspecified atom stereocenters. The van der Waals surface area contributed by atoms with Crippen molar-refractivity contribution >= 4 is 33.5 Å². The Hall–Kier alpha value is -2.46. The monoisotopic (exact) mass is 280 g/mol. The number of imidazole rings is 1. The van der Waals surface area contributed by atoms with Gasteiger partial charge in [0.05, 0.1) is 0 Å². The molecule has 4 aromatic rings. The van der Waals surface area contributed by atoms with Gasteiger partial charge in [-0.05, 0) is 22.9 Å². The summed E-state index contributed by atoms with van der Waals surface area (Å²) in [6, 6.07) is 14.5. The van der Waals surface area contributed by atoms with E-state index in [1.165, 1.54) is 17.1 Å². The molecule has 0 atom stereocenters. The van der Waals surface area contributed by atoms with Crippen molar-refractivity contribution in [2.24, 2.45) is 0 Å². The van der Waals surface area contributed by atoms with Crippen LogP contribution in [0.4, 0.5) is 0 Å². The number of benzene rings is 2. The lowest BCUT2D eigenvalue weighted by atomic mass is 10.1. The average Bonchev–Trinajstić information content (AvgIpc) is 2.92. The van der Waals surface area contributed by atoms with Crippen LogP contribution in [0.2, 0.25) is 5.15 Å². The highest BCUT2D eigenvalue weighted by molar-refractivity contribution is 6.33. The summed E-state index contributed by atoms with van der Waals surface area (Å²) < 4.78 is 1.91. The molecular weight excluding hydrogens is 272 g/mol. The Bertz CT molecular complexity index is 929. The van der Waals surface area contributed by atoms with Crippen LogP contribution in [0.15, 0.2) is 55.1 Å². The fourth-order valence-electron chi connectivity index (χ4n) is 2.32. The van der Waals surface area contributed by atoms with E-state index in [0.717, 1.165) is 5.69 Å². The molecule has 0 aliphatic carbocycles. The fourth-order valence-corrected chi connectivity index (χ4v) is 2.50. The molecule has 2 heterocycles. The molecule has 4 rings (SSSR count). The number of nitrogens with zero attached hydrogens (tertiary/aromatic N) is 4. The van der Waals surface area contributed by atoms with E-state index in [9.17, 15) is 0 Å². The number of hydrogen-bond acceptors (Lipinski definition) is 3. The van der Waals surface area contributed by atoms with Crippen LogP contribution in [0.25, 0.3) is 27.6 Å². The van der Waals surface area contributed by atoms with Crippen molar-refractivity contribution < 1.29 is 0 Å². The molecule has 2 aromatic heterocycles. The Morgan fingerprint density at radius 2 is 1.75 bits per heavy atom. The minimum absolute atomic E-state index is 0.370. The molecule has 4 nitrogen and oxygen atoms in total. The molecule has 0 radical (unpaired) electrons. The summed E-state index contributed by atoms with van der Waals surface area (Å²) in [4.78, 5) is 12.5. The number of rotatable bonds is 1. The highest BCUT2D eigenvalue weighted by atomic mass is 35.5. The molecule has 0 fully saturated rings. The molecule has 0 saturated heterocycles. The Balaban J connectivity index is 1.99. The summed E-state index contributed by atoms with van der Waals surface area (Å²) in [6.45, 7) is 0. The predicted molar refractivity (Wildman–Crippen MR) is 79.2 cm³/mol. The summed E-state index contributed by atoms with van der Waals surface area (Å²) >= 11 is 6.03. The van der Waals surface area contributed by atoms with E-state index >= 15 is 0 Å². The lowest BCUT2D eigenvalue weighted by Crippen LogP contribution is -1.94. The van der Waals surface area contributed by atoms with Gasteiger partial charge in [0.2, 0.25) is 0 Å². The predicted octanol–water partition coefficient (Wildman–Crippen LogP) is 3.62. The molecule has 20 heavy (non-hydrogen) atoms. The number of aromatic nitrogens is 4. The average molecular weight is 281 g/mol. The molecule has 0 saturated carbocycles. The summed E-state index contributed by atoms with van der Waals surface area (Å²) in [7, 11) is 0. The SMILES string of the molecule is Clc1ncnc2c1ncn2-c1ccc2ccccc2c1. The van der Waals surface area contributed by atoms with E-state index in [2.05, 4.69) is 39.2 Å². The molecule has 96 valence electrons. The van der Waals surface area contributed by atoms with E-state index in [1.807, 2.05) is 22.8 Å². The highest BCUT2D eigenvalue weighted by Gasteiger charge is 2.09. The molecule has 0 spiro atoms. The largest absolute Gasteiger partial charge is 0.283 e. The van der Waals surface area contributed by atoms with Gasteiger partial charge in [0, 0.05) is 5.69 Å². The summed E-state index contributed by atoms with van der Waals surface area (Å²) in [6.07, 6.45) is 3.17. The van der Waals surface area contributed by atoms with Gasteiger partial charge in [-0.25, -0.2) is 15.0 Å². The lowest BCUT2D eigenvalue weighted by molar-refractivity contribution is 1.06. The second-order valence-corrected chi connectivity index (χ2v) is 4.84. The maximum atomic E-state index is 6.03. The van der Waals surface area contributed by atoms with Crippen LogP contribution in [-0.4, -0.2) is 19.5 Å². The number of fused-ring (bicyclic) bond motifs is 2. The van der Waals surface area contributed by atoms with E-state index in [-0.39, 0.29) is 0 Å². The minimum Gasteiger partial charge on any atom is -0.283 e. The van der Waals surface area contributed by atoms with Gasteiger partial charge in [-0.2, -0.15) is 0 Å². The number of hydrogen-bond donors (Lipinski definition) is 0. The third-order valence-corrected chi connectivity index (χ3v) is 3.58. The third kappa shape index (κ3) is 1.66. The van der Waals surface area contributed by atoms with Crippen molar-refractivity contribution in [1.82, 2.24) is 19.5 Å². The van der Waals surface area contributed by atoms with Crippen molar-refractivity contribution in [3.63, 3.8) is 0 Å². The molecule has 2 aromatic carbocycles. The van der Waals surface area contributed by atoms with E-state index in [1.54, 1.807) is 6.33 Å². The molecular formula is C15H9ClN4. The van der Waals surface area contributed by atoms with E-state index < -0.39 is 0 Å². The van der Waals surface area contributed by atoms with Gasteiger partial charge in [0.15, 0.2) is 10.8 Å². The topological polar surface area (TPSA) is 43.6 Å². The smallest absolute Gasteiger partial charge is 0.169 e. The first-order chi connectivity index (χ1) is 9.83. The zero-order chi connectivity index (χ0) is 13.5. The van der Waals surface area contributed by atoms with Crippen molar-refractivity contribution in [3.8, 4) is 5.69 Å². The van der Waals surface area contributed by atoms with E-state index in [4.69, 9.17) is 11.6 Å². The zero-order valence-electron chi connectivity index (χ0n) is 10.4. The number of halogens is 1. The third-order valence-electron chi connectivity index (χ3n) is 3.30. The first-order valence-corrected chi connectivity index (χ1v) is 6.53. The van der Waals surface area contributed by atoms with Crippen LogP contribution in [0, 0.1) is 0 Å². The maximum Gasteiger partial charge on any atom is 0.169 e. The molecule has 0 aliphatic heterocycles. The first kappa shape index (κ1) is 11.4. The summed E-state index contributed by atoms with van der Waals surface area (Å²) in [5.41, 5.74) is 2.32. The quantitative estimate of drug-likeness (QED) is 0.500. The van der Waals surface area contributed by atoms with Gasteiger partial charge < -0.3 is 0 Å². The second kappa shape index (κ2) is 4.28. The maximum absolute atomic E-state index is 6.03. The Morgan fingerprint density at radius 1 is 0.900 bits per heavy atom. The molecule has 0 N–H and O–H groups in total. The Kier molecular flexibility index (Phi) is 2.44. The summed E-state index contributed by atoms with van der Waals surface area (Å²) in [5.74, 6) is 0. The van der Waals surface area contributed by atoms with Crippen LogP contribution >= 0.6 is 11.6 Å². The minimum atomic E-state index is 0.370. The van der Waals surface area contributed by atoms with Crippen LogP contribution in [0.5, 0.6) is 0 Å². The molecule has 5 heteroatoms. The van der Waals surface area contributed by atoms with Gasteiger partial charge in [-0.1, -0.05) is 41.9 Å². The Labute approximate surface area is 119 Å². The van der Waals surface area contributed by atoms with Gasteiger partial charge in [0.25, 0.3) is 0 Å². The van der Waals surface area contributed by atoms with Crippen molar-refractivity contribution in [3.05, 3.63) is 60.3 Å². The normalized spacial score (nSPS) is 11.2. The molecule has 0 aliphatic rings. The van der Waals surface area contributed by atoms with Crippen LogP contribution < -0.4 is 0 Å². The van der Waals surface area contributed by atoms with Gasteiger partial charge in [-0.3, -0.25) is 4.57 Å². The second-order valence-electron chi connectivity index (χ2n) is 4.48. The van der Waals surface area contributed by atoms with Crippen LogP contribution in [0.1, 0.15) is 0 Å². The Morgan fingerprint density at radius 3 is 2.65 bits per heavy atom. The first-order valence-electron chi connectivity index (χ1n) is 6.16. The van der Waals surface area contributed by atoms with Gasteiger partial charge in [-0.15, -0.1) is 0 Å².